The van der Waals surface area contributed by atoms with Crippen molar-refractivity contribution < 1.29 is 9.13 Å². The Morgan fingerprint density at radius 2 is 1.95 bits per heavy atom. The molecule has 3 nitrogen and oxygen atoms in total. The van der Waals surface area contributed by atoms with Gasteiger partial charge in [0.15, 0.2) is 11.6 Å². The first-order valence-electron chi connectivity index (χ1n) is 6.63. The zero-order valence-corrected chi connectivity index (χ0v) is 12.9. The maximum absolute atomic E-state index is 13.8. The molecule has 5 heteroatoms. The Labute approximate surface area is 128 Å². The summed E-state index contributed by atoms with van der Waals surface area (Å²) < 4.78 is 18.7. The Hall–Kier alpha value is -1.56. The summed E-state index contributed by atoms with van der Waals surface area (Å²) in [6.07, 6.45) is 0. The third-order valence-electron chi connectivity index (χ3n) is 3.22. The number of ether oxygens (including phenoxy) is 1. The van der Waals surface area contributed by atoms with Gasteiger partial charge in [-0.15, -0.1) is 11.8 Å². The first-order valence-corrected chi connectivity index (χ1v) is 7.61. The van der Waals surface area contributed by atoms with E-state index < -0.39 is 0 Å². The molecule has 1 atom stereocenters. The number of nitrogens with two attached hydrogens (primary N) is 1. The molecule has 1 unspecified atom stereocenters. The van der Waals surface area contributed by atoms with Crippen LogP contribution in [0.5, 0.6) is 5.75 Å². The standard InChI is InChI=1S/C16H19FN2OS/c1-11-3-6-13(7-4-11)21-10-15(19-18)12-5-8-16(20-2)14(17)9-12/h3-9,15,19H,10,18H2,1-2H3. The highest BCUT2D eigenvalue weighted by Gasteiger charge is 2.13. The lowest BCUT2D eigenvalue weighted by Crippen LogP contribution is -2.29. The third-order valence-corrected chi connectivity index (χ3v) is 4.32. The zero-order valence-electron chi connectivity index (χ0n) is 12.1. The van der Waals surface area contributed by atoms with Gasteiger partial charge in [0.2, 0.25) is 0 Å². The van der Waals surface area contributed by atoms with E-state index in [0.29, 0.717) is 5.75 Å². The maximum Gasteiger partial charge on any atom is 0.165 e. The Balaban J connectivity index is 2.05. The van der Waals surface area contributed by atoms with Crippen molar-refractivity contribution in [1.82, 2.24) is 5.43 Å². The Bertz CT molecular complexity index is 589. The first kappa shape index (κ1) is 15.8. The summed E-state index contributed by atoms with van der Waals surface area (Å²) in [4.78, 5) is 1.16. The fourth-order valence-corrected chi connectivity index (χ4v) is 2.93. The third kappa shape index (κ3) is 4.20. The largest absolute Gasteiger partial charge is 0.494 e. The molecule has 0 fully saturated rings. The summed E-state index contributed by atoms with van der Waals surface area (Å²) >= 11 is 1.68. The summed E-state index contributed by atoms with van der Waals surface area (Å²) in [7, 11) is 1.45. The molecule has 0 heterocycles. The van der Waals surface area contributed by atoms with Crippen LogP contribution in [0.3, 0.4) is 0 Å². The van der Waals surface area contributed by atoms with Crippen LogP contribution in [0.4, 0.5) is 4.39 Å². The second-order valence-electron chi connectivity index (χ2n) is 4.74. The molecule has 2 aromatic rings. The quantitative estimate of drug-likeness (QED) is 0.487. The molecule has 0 aliphatic carbocycles. The lowest BCUT2D eigenvalue weighted by Gasteiger charge is -2.16. The van der Waals surface area contributed by atoms with E-state index in [1.54, 1.807) is 17.8 Å². The molecule has 2 aromatic carbocycles. The lowest BCUT2D eigenvalue weighted by atomic mass is 10.1. The van der Waals surface area contributed by atoms with Crippen LogP contribution in [0, 0.1) is 12.7 Å². The van der Waals surface area contributed by atoms with Crippen LogP contribution in [0.25, 0.3) is 0 Å². The molecule has 0 radical (unpaired) electrons. The normalized spacial score (nSPS) is 12.2. The molecule has 112 valence electrons. The van der Waals surface area contributed by atoms with E-state index in [1.807, 2.05) is 6.07 Å². The van der Waals surface area contributed by atoms with Gasteiger partial charge in [-0.05, 0) is 36.8 Å². The van der Waals surface area contributed by atoms with E-state index in [-0.39, 0.29) is 17.6 Å². The summed E-state index contributed by atoms with van der Waals surface area (Å²) in [6.45, 7) is 2.05. The fourth-order valence-electron chi connectivity index (χ4n) is 1.95. The van der Waals surface area contributed by atoms with Gasteiger partial charge in [0.05, 0.1) is 13.2 Å². The van der Waals surface area contributed by atoms with E-state index in [4.69, 9.17) is 10.6 Å². The van der Waals surface area contributed by atoms with Crippen molar-refractivity contribution in [3.63, 3.8) is 0 Å². The van der Waals surface area contributed by atoms with Crippen LogP contribution in [0.2, 0.25) is 0 Å². The number of halogens is 1. The van der Waals surface area contributed by atoms with E-state index in [0.717, 1.165) is 10.5 Å². The first-order chi connectivity index (χ1) is 10.1. The number of benzene rings is 2. The van der Waals surface area contributed by atoms with Crippen molar-refractivity contribution in [3.8, 4) is 5.75 Å². The van der Waals surface area contributed by atoms with Gasteiger partial charge in [-0.3, -0.25) is 11.3 Å². The maximum atomic E-state index is 13.8. The van der Waals surface area contributed by atoms with Crippen molar-refractivity contribution in [1.29, 1.82) is 0 Å². The number of aryl methyl sites for hydroxylation is 1. The number of hydrazine groups is 1. The summed E-state index contributed by atoms with van der Waals surface area (Å²) in [5, 5.41) is 0. The molecule has 0 amide bonds. The van der Waals surface area contributed by atoms with Crippen molar-refractivity contribution in [2.75, 3.05) is 12.9 Å². The fraction of sp³-hybridized carbons (Fsp3) is 0.250. The van der Waals surface area contributed by atoms with Gasteiger partial charge in [-0.1, -0.05) is 23.8 Å². The minimum atomic E-state index is -0.379. The van der Waals surface area contributed by atoms with Crippen LogP contribution in [0.15, 0.2) is 47.4 Å². The van der Waals surface area contributed by atoms with Crippen molar-refractivity contribution in [3.05, 3.63) is 59.4 Å². The van der Waals surface area contributed by atoms with Crippen molar-refractivity contribution in [2.45, 2.75) is 17.9 Å². The summed E-state index contributed by atoms with van der Waals surface area (Å²) in [5.74, 6) is 6.17. The van der Waals surface area contributed by atoms with E-state index in [9.17, 15) is 4.39 Å². The second kappa shape index (κ2) is 7.45. The topological polar surface area (TPSA) is 47.3 Å². The average Bonchev–Trinajstić information content (AvgIpc) is 2.50. The summed E-state index contributed by atoms with van der Waals surface area (Å²) in [6, 6.07) is 13.1. The SMILES string of the molecule is COc1ccc(C(CSc2ccc(C)cc2)NN)cc1F. The highest BCUT2D eigenvalue weighted by atomic mass is 32.2. The van der Waals surface area contributed by atoms with Crippen LogP contribution < -0.4 is 16.0 Å². The summed E-state index contributed by atoms with van der Waals surface area (Å²) in [5.41, 5.74) is 4.76. The second-order valence-corrected chi connectivity index (χ2v) is 5.83. The Kier molecular flexibility index (Phi) is 5.61. The molecule has 0 bridgehead atoms. The van der Waals surface area contributed by atoms with E-state index >= 15 is 0 Å². The zero-order chi connectivity index (χ0) is 15.2. The van der Waals surface area contributed by atoms with E-state index in [2.05, 4.69) is 36.6 Å². The molecular formula is C16H19FN2OS. The predicted octanol–water partition coefficient (Wildman–Crippen LogP) is 3.44. The number of rotatable bonds is 6. The minimum absolute atomic E-state index is 0.128. The molecule has 3 N–H and O–H groups in total. The van der Waals surface area contributed by atoms with Gasteiger partial charge in [-0.2, -0.15) is 0 Å². The number of thioether (sulfide) groups is 1. The molecule has 0 aliphatic rings. The molecular weight excluding hydrogens is 287 g/mol. The Morgan fingerprint density at radius 3 is 2.52 bits per heavy atom. The molecule has 0 aromatic heterocycles. The van der Waals surface area contributed by atoms with Gasteiger partial charge in [0, 0.05) is 10.6 Å². The number of hydrogen-bond donors (Lipinski definition) is 2. The molecule has 0 saturated carbocycles. The van der Waals surface area contributed by atoms with Crippen LogP contribution in [-0.2, 0) is 0 Å². The van der Waals surface area contributed by atoms with Gasteiger partial charge in [-0.25, -0.2) is 4.39 Å². The van der Waals surface area contributed by atoms with E-state index in [1.165, 1.54) is 18.7 Å². The van der Waals surface area contributed by atoms with Crippen molar-refractivity contribution >= 4 is 11.8 Å². The molecule has 21 heavy (non-hydrogen) atoms. The van der Waals surface area contributed by atoms with Gasteiger partial charge >= 0.3 is 0 Å². The highest BCUT2D eigenvalue weighted by molar-refractivity contribution is 7.99. The molecule has 0 spiro atoms. The average molecular weight is 306 g/mol. The van der Waals surface area contributed by atoms with Crippen LogP contribution >= 0.6 is 11.8 Å². The van der Waals surface area contributed by atoms with Crippen molar-refractivity contribution in [2.24, 2.45) is 5.84 Å². The number of methoxy groups -OCH3 is 1. The molecule has 0 aliphatic heterocycles. The highest BCUT2D eigenvalue weighted by Crippen LogP contribution is 2.27. The monoisotopic (exact) mass is 306 g/mol. The van der Waals surface area contributed by atoms with Crippen LogP contribution in [0.1, 0.15) is 17.2 Å². The number of hydrogen-bond acceptors (Lipinski definition) is 4. The number of nitrogens with one attached hydrogen (secondary N) is 1. The van der Waals surface area contributed by atoms with Gasteiger partial charge in [0.25, 0.3) is 0 Å². The minimum Gasteiger partial charge on any atom is -0.494 e. The Morgan fingerprint density at radius 1 is 1.24 bits per heavy atom. The van der Waals surface area contributed by atoms with Crippen LogP contribution in [-0.4, -0.2) is 12.9 Å². The van der Waals surface area contributed by atoms with Gasteiger partial charge in [0.1, 0.15) is 0 Å². The smallest absolute Gasteiger partial charge is 0.165 e. The molecule has 2 rings (SSSR count). The molecule has 0 saturated heterocycles. The van der Waals surface area contributed by atoms with Gasteiger partial charge < -0.3 is 4.74 Å². The predicted molar refractivity (Wildman–Crippen MR) is 84.9 cm³/mol. The lowest BCUT2D eigenvalue weighted by molar-refractivity contribution is 0.385.